The third-order valence-electron chi connectivity index (χ3n) is 6.77. The number of likely N-dealkylation sites (N-methyl/N-ethyl adjacent to an activating group) is 1. The minimum atomic E-state index is -0.0186. The maximum absolute atomic E-state index is 12.4. The second kappa shape index (κ2) is 8.42. The fourth-order valence-corrected chi connectivity index (χ4v) is 5.41. The van der Waals surface area contributed by atoms with Crippen molar-refractivity contribution in [2.45, 2.75) is 25.4 Å². The minimum Gasteiger partial charge on any atom is -0.360 e. The van der Waals surface area contributed by atoms with Crippen LogP contribution in [0, 0.1) is 10.8 Å². The molecule has 0 spiro atoms. The maximum Gasteiger partial charge on any atom is 0.256 e. The lowest BCUT2D eigenvalue weighted by atomic mass is 9.76. The summed E-state index contributed by atoms with van der Waals surface area (Å²) in [6.45, 7) is 5.08. The van der Waals surface area contributed by atoms with Crippen molar-refractivity contribution >= 4 is 30.6 Å². The molecule has 1 saturated heterocycles. The molecular formula is C22H29Cl2N4O2+. The molecule has 0 saturated carbocycles. The van der Waals surface area contributed by atoms with E-state index >= 15 is 0 Å². The number of nitroso groups, excluding NO2 is 1. The molecule has 0 radical (unpaired) electrons. The highest BCUT2D eigenvalue weighted by molar-refractivity contribution is 5.85. The van der Waals surface area contributed by atoms with E-state index in [1.54, 1.807) is 0 Å². The van der Waals surface area contributed by atoms with Crippen molar-refractivity contribution in [3.05, 3.63) is 63.4 Å². The average Bonchev–Trinajstić information content (AvgIpc) is 2.98. The highest BCUT2D eigenvalue weighted by atomic mass is 35.5. The average molecular weight is 452 g/mol. The van der Waals surface area contributed by atoms with Crippen molar-refractivity contribution in [2.75, 3.05) is 40.4 Å². The van der Waals surface area contributed by atoms with Gasteiger partial charge in [0.25, 0.3) is 12.2 Å². The Hall–Kier alpha value is -1.73. The number of carbonyl (C=O) groups excluding carboxylic acids is 1. The normalized spacial score (nSPS) is 29.4. The molecule has 0 N–H and O–H groups in total. The van der Waals surface area contributed by atoms with Gasteiger partial charge in [-0.05, 0) is 32.2 Å². The predicted octanol–water partition coefficient (Wildman–Crippen LogP) is 2.68. The molecule has 0 amide bonds. The van der Waals surface area contributed by atoms with E-state index in [1.807, 2.05) is 6.08 Å². The van der Waals surface area contributed by atoms with Gasteiger partial charge in [0.1, 0.15) is 0 Å². The Morgan fingerprint density at radius 3 is 2.73 bits per heavy atom. The molecule has 6 nitrogen and oxygen atoms in total. The van der Waals surface area contributed by atoms with E-state index in [9.17, 15) is 9.70 Å². The summed E-state index contributed by atoms with van der Waals surface area (Å²) in [5.41, 5.74) is 5.77. The Kier molecular flexibility index (Phi) is 6.44. The number of fused-ring (bicyclic) bond motifs is 4. The number of Topliss-reactive ketones (excluding diaryl/α,β-unsaturated/α-hetero) is 1. The van der Waals surface area contributed by atoms with Gasteiger partial charge >= 0.3 is 0 Å². The van der Waals surface area contributed by atoms with Crippen LogP contribution in [0.15, 0.2) is 58.5 Å². The van der Waals surface area contributed by atoms with Gasteiger partial charge in [-0.25, -0.2) is 0 Å². The summed E-state index contributed by atoms with van der Waals surface area (Å²) in [5, 5.41) is 0. The highest BCUT2D eigenvalue weighted by Gasteiger charge is 2.53. The molecule has 0 aromatic rings. The molecule has 0 aromatic heterocycles. The number of nitrogens with zero attached hydrogens (tertiary/aromatic N) is 4. The van der Waals surface area contributed by atoms with Crippen LogP contribution in [-0.4, -0.2) is 77.7 Å². The summed E-state index contributed by atoms with van der Waals surface area (Å²) in [7, 11) is 4.21. The Morgan fingerprint density at radius 1 is 1.23 bits per heavy atom. The third-order valence-corrected chi connectivity index (χ3v) is 6.77. The fourth-order valence-electron chi connectivity index (χ4n) is 5.41. The molecule has 0 aromatic carbocycles. The Morgan fingerprint density at radius 2 is 2.00 bits per heavy atom. The molecule has 0 bridgehead atoms. The van der Waals surface area contributed by atoms with Crippen molar-refractivity contribution in [2.24, 2.45) is 5.92 Å². The van der Waals surface area contributed by atoms with Crippen LogP contribution in [0.2, 0.25) is 0 Å². The molecule has 3 heterocycles. The first-order valence-corrected chi connectivity index (χ1v) is 10.1. The SMILES string of the molecule is CC1=C2C=CC=C3C4C5=C(C=CC4N(CN1CCN(C)C)C32)[N+](=O)CC(=O)C5.Cl.Cl. The molecule has 3 aliphatic heterocycles. The minimum absolute atomic E-state index is 0. The fraction of sp³-hybridized carbons (Fsp3) is 0.500. The number of hydrogen-bond acceptors (Lipinski definition) is 5. The quantitative estimate of drug-likeness (QED) is 0.617. The van der Waals surface area contributed by atoms with E-state index in [2.05, 4.69) is 60.0 Å². The Balaban J connectivity index is 0.00000128. The first-order valence-electron chi connectivity index (χ1n) is 10.1. The van der Waals surface area contributed by atoms with Crippen LogP contribution < -0.4 is 0 Å². The van der Waals surface area contributed by atoms with E-state index in [4.69, 9.17) is 0 Å². The second-order valence-corrected chi connectivity index (χ2v) is 8.68. The monoisotopic (exact) mass is 451 g/mol. The topological polar surface area (TPSA) is 46.9 Å². The largest absolute Gasteiger partial charge is 0.360 e. The van der Waals surface area contributed by atoms with Crippen molar-refractivity contribution in [3.63, 3.8) is 0 Å². The molecule has 30 heavy (non-hydrogen) atoms. The second-order valence-electron chi connectivity index (χ2n) is 8.68. The van der Waals surface area contributed by atoms with E-state index in [-0.39, 0.29) is 55.1 Å². The number of rotatable bonds is 3. The first-order chi connectivity index (χ1) is 13.5. The number of halogens is 2. The lowest BCUT2D eigenvalue weighted by molar-refractivity contribution is -0.486. The van der Waals surface area contributed by atoms with Gasteiger partial charge in [0.15, 0.2) is 0 Å². The van der Waals surface area contributed by atoms with Crippen LogP contribution in [0.1, 0.15) is 13.3 Å². The molecule has 3 atom stereocenters. The zero-order chi connectivity index (χ0) is 19.6. The summed E-state index contributed by atoms with van der Waals surface area (Å²) in [6.07, 6.45) is 11.1. The molecule has 3 unspecified atom stereocenters. The zero-order valence-corrected chi connectivity index (χ0v) is 19.2. The van der Waals surface area contributed by atoms with Crippen molar-refractivity contribution in [1.29, 1.82) is 0 Å². The highest BCUT2D eigenvalue weighted by Crippen LogP contribution is 2.50. The lowest BCUT2D eigenvalue weighted by Gasteiger charge is -2.43. The number of carbonyl (C=O) groups is 1. The molecule has 5 aliphatic rings. The molecular weight excluding hydrogens is 423 g/mol. The molecule has 5 rings (SSSR count). The van der Waals surface area contributed by atoms with Crippen LogP contribution in [0.3, 0.4) is 0 Å². The maximum atomic E-state index is 12.4. The van der Waals surface area contributed by atoms with Crippen LogP contribution in [0.5, 0.6) is 0 Å². The van der Waals surface area contributed by atoms with Crippen LogP contribution in [0.25, 0.3) is 0 Å². The lowest BCUT2D eigenvalue weighted by Crippen LogP contribution is -2.51. The Labute approximate surface area is 190 Å². The smallest absolute Gasteiger partial charge is 0.256 e. The predicted molar refractivity (Wildman–Crippen MR) is 122 cm³/mol. The molecule has 2 aliphatic carbocycles. The van der Waals surface area contributed by atoms with Crippen LogP contribution in [-0.2, 0) is 4.79 Å². The van der Waals surface area contributed by atoms with Gasteiger partial charge in [0.05, 0.1) is 12.7 Å². The van der Waals surface area contributed by atoms with Crippen molar-refractivity contribution in [1.82, 2.24) is 14.7 Å². The van der Waals surface area contributed by atoms with Gasteiger partial charge in [0, 0.05) is 58.5 Å². The van der Waals surface area contributed by atoms with Gasteiger partial charge in [-0.1, -0.05) is 24.3 Å². The van der Waals surface area contributed by atoms with Gasteiger partial charge in [0.2, 0.25) is 5.78 Å². The van der Waals surface area contributed by atoms with Gasteiger partial charge in [-0.2, -0.15) is 0 Å². The van der Waals surface area contributed by atoms with E-state index < -0.39 is 0 Å². The van der Waals surface area contributed by atoms with Crippen molar-refractivity contribution < 1.29 is 9.55 Å². The Bertz CT molecular complexity index is 931. The summed E-state index contributed by atoms with van der Waals surface area (Å²) >= 11 is 0. The van der Waals surface area contributed by atoms with Crippen LogP contribution in [0.4, 0.5) is 0 Å². The van der Waals surface area contributed by atoms with Crippen LogP contribution >= 0.6 is 24.8 Å². The summed E-state index contributed by atoms with van der Waals surface area (Å²) < 4.78 is 0.885. The van der Waals surface area contributed by atoms with Crippen molar-refractivity contribution in [3.8, 4) is 0 Å². The molecule has 8 heteroatoms. The van der Waals surface area contributed by atoms with Gasteiger partial charge < -0.3 is 9.80 Å². The summed E-state index contributed by atoms with van der Waals surface area (Å²) in [4.78, 5) is 31.8. The van der Waals surface area contributed by atoms with Gasteiger partial charge in [-0.3, -0.25) is 9.69 Å². The summed E-state index contributed by atoms with van der Waals surface area (Å²) in [6, 6.07) is 0.461. The zero-order valence-electron chi connectivity index (χ0n) is 17.6. The van der Waals surface area contributed by atoms with E-state index in [0.29, 0.717) is 12.1 Å². The van der Waals surface area contributed by atoms with E-state index in [0.717, 1.165) is 30.1 Å². The van der Waals surface area contributed by atoms with Gasteiger partial charge in [-0.15, -0.1) is 24.8 Å². The number of ketones is 1. The number of hydrogen-bond donors (Lipinski definition) is 0. The standard InChI is InChI=1S/C22H27N4O2.2ClH/c1-14-16-5-4-6-17-21-18-11-15(27)12-26(28)19(18)7-8-20(21)25(22(16)17)13-24(14)10-9-23(2)3;;/h4-8,20-22H,9-13H2,1-3H3;2*1H/q+1;;. The molecule has 162 valence electrons. The van der Waals surface area contributed by atoms with E-state index in [1.165, 1.54) is 16.8 Å². The number of allylic oxidation sites excluding steroid dienone is 4. The first kappa shape index (κ1) is 22.9. The molecule has 1 fully saturated rings. The summed E-state index contributed by atoms with van der Waals surface area (Å²) in [5.74, 6) is 0.159. The third kappa shape index (κ3) is 3.40.